The van der Waals surface area contributed by atoms with Crippen LogP contribution < -0.4 is 0 Å². The summed E-state index contributed by atoms with van der Waals surface area (Å²) in [6.45, 7) is 4.04. The maximum Gasteiger partial charge on any atom is 0.338 e. The first kappa shape index (κ1) is 10.7. The maximum atomic E-state index is 11.0. The van der Waals surface area contributed by atoms with Crippen LogP contribution in [0.25, 0.3) is 11.1 Å². The molecule has 0 spiro atoms. The SMILES string of the molecule is CCC(C)c1nc2c(C(=O)O)cccc2o1. The molecule has 0 amide bonds. The van der Waals surface area contributed by atoms with Crippen LogP contribution >= 0.6 is 0 Å². The van der Waals surface area contributed by atoms with Crippen molar-refractivity contribution in [2.24, 2.45) is 0 Å². The Balaban J connectivity index is 2.61. The van der Waals surface area contributed by atoms with E-state index in [1.165, 1.54) is 6.07 Å². The maximum absolute atomic E-state index is 11.0. The number of carboxylic acids is 1. The second-order valence-corrected chi connectivity index (χ2v) is 3.82. The summed E-state index contributed by atoms with van der Waals surface area (Å²) in [6, 6.07) is 4.94. The summed E-state index contributed by atoms with van der Waals surface area (Å²) in [5.74, 6) is -0.171. The molecule has 1 N–H and O–H groups in total. The molecule has 0 bridgehead atoms. The number of carbonyl (C=O) groups is 1. The fourth-order valence-corrected chi connectivity index (χ4v) is 1.52. The van der Waals surface area contributed by atoms with Crippen LogP contribution in [0.15, 0.2) is 22.6 Å². The van der Waals surface area contributed by atoms with Gasteiger partial charge >= 0.3 is 5.97 Å². The van der Waals surface area contributed by atoms with Gasteiger partial charge in [-0.15, -0.1) is 0 Å². The van der Waals surface area contributed by atoms with Crippen LogP contribution in [0.5, 0.6) is 0 Å². The zero-order valence-corrected chi connectivity index (χ0v) is 9.23. The fraction of sp³-hybridized carbons (Fsp3) is 0.333. The van der Waals surface area contributed by atoms with Crippen molar-refractivity contribution in [3.8, 4) is 0 Å². The van der Waals surface area contributed by atoms with E-state index >= 15 is 0 Å². The van der Waals surface area contributed by atoms with Gasteiger partial charge in [0.1, 0.15) is 5.52 Å². The van der Waals surface area contributed by atoms with E-state index in [4.69, 9.17) is 9.52 Å². The molecule has 0 aliphatic rings. The predicted octanol–water partition coefficient (Wildman–Crippen LogP) is 3.04. The number of benzene rings is 1. The van der Waals surface area contributed by atoms with Crippen molar-refractivity contribution in [2.45, 2.75) is 26.2 Å². The zero-order valence-electron chi connectivity index (χ0n) is 9.23. The lowest BCUT2D eigenvalue weighted by molar-refractivity contribution is 0.0699. The van der Waals surface area contributed by atoms with E-state index in [0.29, 0.717) is 17.0 Å². The molecule has 1 aromatic heterocycles. The summed E-state index contributed by atoms with van der Waals surface area (Å²) in [7, 11) is 0. The molecule has 16 heavy (non-hydrogen) atoms. The highest BCUT2D eigenvalue weighted by atomic mass is 16.4. The minimum Gasteiger partial charge on any atom is -0.478 e. The van der Waals surface area contributed by atoms with Gasteiger partial charge in [-0.1, -0.05) is 19.9 Å². The number of fused-ring (bicyclic) bond motifs is 1. The number of hydrogen-bond donors (Lipinski definition) is 1. The second kappa shape index (κ2) is 3.96. The molecule has 2 rings (SSSR count). The molecular formula is C12H13NO3. The first-order valence-electron chi connectivity index (χ1n) is 5.26. The third kappa shape index (κ3) is 1.66. The van der Waals surface area contributed by atoms with E-state index in [1.54, 1.807) is 12.1 Å². The average molecular weight is 219 g/mol. The topological polar surface area (TPSA) is 63.3 Å². The van der Waals surface area contributed by atoms with Gasteiger partial charge in [-0.2, -0.15) is 0 Å². The van der Waals surface area contributed by atoms with Gasteiger partial charge < -0.3 is 9.52 Å². The van der Waals surface area contributed by atoms with Crippen LogP contribution in [0.4, 0.5) is 0 Å². The molecule has 1 aromatic carbocycles. The first-order chi connectivity index (χ1) is 7.63. The first-order valence-corrected chi connectivity index (χ1v) is 5.26. The van der Waals surface area contributed by atoms with Gasteiger partial charge in [-0.05, 0) is 18.6 Å². The quantitative estimate of drug-likeness (QED) is 0.861. The number of oxazole rings is 1. The van der Waals surface area contributed by atoms with Crippen molar-refractivity contribution < 1.29 is 14.3 Å². The van der Waals surface area contributed by atoms with Crippen LogP contribution in [0.1, 0.15) is 42.4 Å². The lowest BCUT2D eigenvalue weighted by Gasteiger charge is -1.99. The smallest absolute Gasteiger partial charge is 0.338 e. The molecule has 84 valence electrons. The van der Waals surface area contributed by atoms with Crippen molar-refractivity contribution in [1.29, 1.82) is 0 Å². The van der Waals surface area contributed by atoms with Gasteiger partial charge in [0.15, 0.2) is 11.5 Å². The molecule has 4 heteroatoms. The Kier molecular flexibility index (Phi) is 2.64. The monoisotopic (exact) mass is 219 g/mol. The average Bonchev–Trinajstić information content (AvgIpc) is 2.70. The number of rotatable bonds is 3. The predicted molar refractivity (Wildman–Crippen MR) is 59.7 cm³/mol. The highest BCUT2D eigenvalue weighted by Crippen LogP contribution is 2.25. The van der Waals surface area contributed by atoms with Gasteiger partial charge in [0.2, 0.25) is 0 Å². The lowest BCUT2D eigenvalue weighted by atomic mass is 10.1. The molecular weight excluding hydrogens is 206 g/mol. The van der Waals surface area contributed by atoms with E-state index in [0.717, 1.165) is 6.42 Å². The molecule has 1 atom stereocenters. The number of nitrogens with zero attached hydrogens (tertiary/aromatic N) is 1. The minimum atomic E-state index is -0.977. The minimum absolute atomic E-state index is 0.191. The van der Waals surface area contributed by atoms with Crippen molar-refractivity contribution in [3.63, 3.8) is 0 Å². The van der Waals surface area contributed by atoms with Gasteiger partial charge in [0.25, 0.3) is 0 Å². The zero-order chi connectivity index (χ0) is 11.7. The van der Waals surface area contributed by atoms with Crippen molar-refractivity contribution in [1.82, 2.24) is 4.98 Å². The number of carboxylic acid groups (broad SMARTS) is 1. The van der Waals surface area contributed by atoms with Crippen molar-refractivity contribution >= 4 is 17.1 Å². The highest BCUT2D eigenvalue weighted by Gasteiger charge is 2.16. The Morgan fingerprint density at radius 3 is 2.94 bits per heavy atom. The molecule has 0 saturated carbocycles. The van der Waals surface area contributed by atoms with Gasteiger partial charge in [0.05, 0.1) is 5.56 Å². The Labute approximate surface area is 92.9 Å². The van der Waals surface area contributed by atoms with E-state index < -0.39 is 5.97 Å². The number of para-hydroxylation sites is 1. The van der Waals surface area contributed by atoms with Crippen LogP contribution in [-0.4, -0.2) is 16.1 Å². The number of hydrogen-bond acceptors (Lipinski definition) is 3. The molecule has 0 saturated heterocycles. The van der Waals surface area contributed by atoms with Gasteiger partial charge in [-0.25, -0.2) is 9.78 Å². The lowest BCUT2D eigenvalue weighted by Crippen LogP contribution is -1.97. The van der Waals surface area contributed by atoms with Crippen LogP contribution in [-0.2, 0) is 0 Å². The summed E-state index contributed by atoms with van der Waals surface area (Å²) in [5.41, 5.74) is 1.16. The molecule has 4 nitrogen and oxygen atoms in total. The summed E-state index contributed by atoms with van der Waals surface area (Å²) in [5, 5.41) is 9.01. The van der Waals surface area contributed by atoms with Gasteiger partial charge in [0, 0.05) is 5.92 Å². The third-order valence-electron chi connectivity index (χ3n) is 2.70. The molecule has 0 aliphatic carbocycles. The Hall–Kier alpha value is -1.84. The summed E-state index contributed by atoms with van der Waals surface area (Å²) in [6.07, 6.45) is 0.912. The second-order valence-electron chi connectivity index (χ2n) is 3.82. The van der Waals surface area contributed by atoms with Crippen LogP contribution in [0, 0.1) is 0 Å². The Morgan fingerprint density at radius 1 is 1.56 bits per heavy atom. The Bertz CT molecular complexity index is 530. The van der Waals surface area contributed by atoms with E-state index in [1.807, 2.05) is 13.8 Å². The third-order valence-corrected chi connectivity index (χ3v) is 2.70. The van der Waals surface area contributed by atoms with Crippen LogP contribution in [0.3, 0.4) is 0 Å². The number of aromatic nitrogens is 1. The molecule has 0 aliphatic heterocycles. The highest BCUT2D eigenvalue weighted by molar-refractivity contribution is 6.00. The Morgan fingerprint density at radius 2 is 2.31 bits per heavy atom. The van der Waals surface area contributed by atoms with E-state index in [-0.39, 0.29) is 11.5 Å². The fourth-order valence-electron chi connectivity index (χ4n) is 1.52. The molecule has 1 unspecified atom stereocenters. The van der Waals surface area contributed by atoms with Crippen molar-refractivity contribution in [2.75, 3.05) is 0 Å². The molecule has 0 fully saturated rings. The van der Waals surface area contributed by atoms with Gasteiger partial charge in [-0.3, -0.25) is 0 Å². The summed E-state index contributed by atoms with van der Waals surface area (Å²) >= 11 is 0. The summed E-state index contributed by atoms with van der Waals surface area (Å²) in [4.78, 5) is 15.2. The molecule has 1 heterocycles. The van der Waals surface area contributed by atoms with Crippen LogP contribution in [0.2, 0.25) is 0 Å². The summed E-state index contributed by atoms with van der Waals surface area (Å²) < 4.78 is 5.54. The van der Waals surface area contributed by atoms with Crippen molar-refractivity contribution in [3.05, 3.63) is 29.7 Å². The number of aromatic carboxylic acids is 1. The van der Waals surface area contributed by atoms with E-state index in [2.05, 4.69) is 4.98 Å². The largest absolute Gasteiger partial charge is 0.478 e. The standard InChI is InChI=1S/C12H13NO3/c1-3-7(2)11-13-10-8(12(14)15)5-4-6-9(10)16-11/h4-7H,3H2,1-2H3,(H,14,15). The van der Waals surface area contributed by atoms with E-state index in [9.17, 15) is 4.79 Å². The molecule has 2 aromatic rings. The molecule has 0 radical (unpaired) electrons. The normalized spacial score (nSPS) is 12.9.